The molecule has 14 heavy (non-hydrogen) atoms. The van der Waals surface area contributed by atoms with Crippen LogP contribution < -0.4 is 0 Å². The van der Waals surface area contributed by atoms with Crippen LogP contribution in [-0.4, -0.2) is 25.2 Å². The molecule has 0 radical (unpaired) electrons. The van der Waals surface area contributed by atoms with E-state index in [4.69, 9.17) is 5.26 Å². The van der Waals surface area contributed by atoms with E-state index in [0.717, 1.165) is 6.42 Å². The first-order chi connectivity index (χ1) is 6.49. The van der Waals surface area contributed by atoms with Crippen molar-refractivity contribution in [3.63, 3.8) is 0 Å². The molecule has 1 aliphatic rings. The Morgan fingerprint density at radius 2 is 2.14 bits per heavy atom. The molecule has 0 aliphatic carbocycles. The summed E-state index contributed by atoms with van der Waals surface area (Å²) in [5, 5.41) is 7.62. The van der Waals surface area contributed by atoms with E-state index in [0.29, 0.717) is 12.8 Å². The highest BCUT2D eigenvalue weighted by Gasteiger charge is 2.36. The lowest BCUT2D eigenvalue weighted by atomic mass is 10.0. The van der Waals surface area contributed by atoms with Crippen molar-refractivity contribution in [3.05, 3.63) is 0 Å². The first-order valence-electron chi connectivity index (χ1n) is 4.64. The van der Waals surface area contributed by atoms with E-state index in [1.807, 2.05) is 0 Å². The summed E-state index contributed by atoms with van der Waals surface area (Å²) in [4.78, 5) is 11.5. The van der Waals surface area contributed by atoms with Crippen molar-refractivity contribution in [3.8, 4) is 6.07 Å². The van der Waals surface area contributed by atoms with E-state index >= 15 is 0 Å². The third kappa shape index (κ3) is 2.13. The molecule has 5 heteroatoms. The predicted molar refractivity (Wildman–Crippen MR) is 51.2 cm³/mol. The van der Waals surface area contributed by atoms with Crippen LogP contribution in [0, 0.1) is 17.2 Å². The summed E-state index contributed by atoms with van der Waals surface area (Å²) in [6.45, 7) is 1.45. The molecule has 1 fully saturated rings. The maximum absolute atomic E-state index is 11.5. The molecule has 0 aromatic carbocycles. The number of carbonyl (C=O) groups excluding carboxylic acids is 1. The Morgan fingerprint density at radius 3 is 2.64 bits per heavy atom. The third-order valence-corrected chi connectivity index (χ3v) is 4.71. The molecule has 1 aliphatic heterocycles. The molecule has 0 saturated carbocycles. The Labute approximate surface area is 83.8 Å². The molecule has 2 unspecified atom stereocenters. The number of sulfone groups is 1. The van der Waals surface area contributed by atoms with Crippen molar-refractivity contribution >= 4 is 15.6 Å². The topological polar surface area (TPSA) is 75.0 Å². The van der Waals surface area contributed by atoms with Gasteiger partial charge >= 0.3 is 0 Å². The largest absolute Gasteiger partial charge is 0.297 e. The van der Waals surface area contributed by atoms with Gasteiger partial charge in [0.05, 0.1) is 11.8 Å². The van der Waals surface area contributed by atoms with Crippen molar-refractivity contribution < 1.29 is 13.2 Å². The van der Waals surface area contributed by atoms with Gasteiger partial charge in [-0.05, 0) is 19.8 Å². The Bertz CT molecular complexity index is 366. The number of carbonyl (C=O) groups is 1. The fourth-order valence-electron chi connectivity index (χ4n) is 1.62. The lowest BCUT2D eigenvalue weighted by molar-refractivity contribution is -0.120. The van der Waals surface area contributed by atoms with Crippen LogP contribution in [0.1, 0.15) is 26.2 Å². The monoisotopic (exact) mass is 215 g/mol. The second-order valence-electron chi connectivity index (χ2n) is 3.60. The lowest BCUT2D eigenvalue weighted by Gasteiger charge is -2.21. The molecular formula is C9H13NO3S. The zero-order chi connectivity index (χ0) is 10.8. The molecule has 0 N–H and O–H groups in total. The number of nitrogens with zero attached hydrogens (tertiary/aromatic N) is 1. The Hall–Kier alpha value is -0.890. The van der Waals surface area contributed by atoms with Crippen LogP contribution in [-0.2, 0) is 14.6 Å². The minimum Gasteiger partial charge on any atom is -0.297 e. The standard InChI is InChI=1S/C9H13NO3S/c1-7(6-10)9(11)8-4-2-3-5-14(8,12)13/h7-8H,2-5H2,1H3. The van der Waals surface area contributed by atoms with Crippen molar-refractivity contribution in [1.82, 2.24) is 0 Å². The van der Waals surface area contributed by atoms with Crippen LogP contribution in [0.2, 0.25) is 0 Å². The molecule has 0 aromatic heterocycles. The maximum Gasteiger partial charge on any atom is 0.167 e. The first-order valence-corrected chi connectivity index (χ1v) is 6.35. The zero-order valence-corrected chi connectivity index (χ0v) is 8.88. The summed E-state index contributed by atoms with van der Waals surface area (Å²) in [5.74, 6) is -1.17. The van der Waals surface area contributed by atoms with E-state index in [9.17, 15) is 13.2 Å². The number of hydrogen-bond acceptors (Lipinski definition) is 4. The molecule has 1 saturated heterocycles. The normalized spacial score (nSPS) is 27.6. The molecule has 0 spiro atoms. The van der Waals surface area contributed by atoms with Gasteiger partial charge in [0.1, 0.15) is 11.2 Å². The summed E-state index contributed by atoms with van der Waals surface area (Å²) in [6, 6.07) is 1.79. The summed E-state index contributed by atoms with van der Waals surface area (Å²) < 4.78 is 23.0. The van der Waals surface area contributed by atoms with Gasteiger partial charge in [-0.3, -0.25) is 4.79 Å². The number of ketones is 1. The van der Waals surface area contributed by atoms with Gasteiger partial charge in [-0.15, -0.1) is 0 Å². The van der Waals surface area contributed by atoms with Crippen LogP contribution >= 0.6 is 0 Å². The van der Waals surface area contributed by atoms with Crippen molar-refractivity contribution in [2.45, 2.75) is 31.4 Å². The summed E-state index contributed by atoms with van der Waals surface area (Å²) >= 11 is 0. The van der Waals surface area contributed by atoms with Gasteiger partial charge in [-0.2, -0.15) is 5.26 Å². The number of nitriles is 1. The van der Waals surface area contributed by atoms with Crippen molar-refractivity contribution in [2.75, 3.05) is 5.75 Å². The molecule has 2 atom stereocenters. The number of Topliss-reactive ketones (excluding diaryl/α,β-unsaturated/α-hetero) is 1. The van der Waals surface area contributed by atoms with Crippen LogP contribution in [0.5, 0.6) is 0 Å². The van der Waals surface area contributed by atoms with Gasteiger partial charge in [0.15, 0.2) is 15.6 Å². The second-order valence-corrected chi connectivity index (χ2v) is 5.91. The van der Waals surface area contributed by atoms with Crippen LogP contribution in [0.3, 0.4) is 0 Å². The van der Waals surface area contributed by atoms with E-state index in [1.54, 1.807) is 6.07 Å². The fraction of sp³-hybridized carbons (Fsp3) is 0.778. The molecule has 1 heterocycles. The molecule has 0 aromatic rings. The molecule has 0 amide bonds. The van der Waals surface area contributed by atoms with Gasteiger partial charge in [0, 0.05) is 0 Å². The highest BCUT2D eigenvalue weighted by atomic mass is 32.2. The van der Waals surface area contributed by atoms with Crippen molar-refractivity contribution in [1.29, 1.82) is 5.26 Å². The highest BCUT2D eigenvalue weighted by molar-refractivity contribution is 7.92. The molecule has 4 nitrogen and oxygen atoms in total. The second kappa shape index (κ2) is 4.09. The van der Waals surface area contributed by atoms with Crippen LogP contribution in [0.15, 0.2) is 0 Å². The van der Waals surface area contributed by atoms with Crippen molar-refractivity contribution in [2.24, 2.45) is 5.92 Å². The maximum atomic E-state index is 11.5. The van der Waals surface area contributed by atoms with E-state index < -0.39 is 26.8 Å². The molecular weight excluding hydrogens is 202 g/mol. The van der Waals surface area contributed by atoms with Gasteiger partial charge in [0.25, 0.3) is 0 Å². The van der Waals surface area contributed by atoms with E-state index in [2.05, 4.69) is 0 Å². The van der Waals surface area contributed by atoms with E-state index in [1.165, 1.54) is 6.92 Å². The quantitative estimate of drug-likeness (QED) is 0.679. The lowest BCUT2D eigenvalue weighted by Crippen LogP contribution is -2.38. The van der Waals surface area contributed by atoms with Gasteiger partial charge in [-0.1, -0.05) is 6.42 Å². The average Bonchev–Trinajstić information content (AvgIpc) is 2.15. The smallest absolute Gasteiger partial charge is 0.167 e. The Morgan fingerprint density at radius 1 is 1.50 bits per heavy atom. The number of hydrogen-bond donors (Lipinski definition) is 0. The van der Waals surface area contributed by atoms with Gasteiger partial charge in [-0.25, -0.2) is 8.42 Å². The zero-order valence-electron chi connectivity index (χ0n) is 8.06. The minimum atomic E-state index is -3.28. The summed E-state index contributed by atoms with van der Waals surface area (Å²) in [7, 11) is -3.28. The predicted octanol–water partition coefficient (Wildman–Crippen LogP) is 0.682. The minimum absolute atomic E-state index is 0.0849. The Balaban J connectivity index is 2.87. The highest BCUT2D eigenvalue weighted by Crippen LogP contribution is 2.22. The first kappa shape index (κ1) is 11.2. The summed E-state index contributed by atoms with van der Waals surface area (Å²) in [5.41, 5.74) is 0. The van der Waals surface area contributed by atoms with Crippen LogP contribution in [0.4, 0.5) is 0 Å². The van der Waals surface area contributed by atoms with Gasteiger partial charge < -0.3 is 0 Å². The van der Waals surface area contributed by atoms with E-state index in [-0.39, 0.29) is 5.75 Å². The molecule has 1 rings (SSSR count). The number of rotatable bonds is 2. The Kier molecular flexibility index (Phi) is 3.27. The third-order valence-electron chi connectivity index (χ3n) is 2.52. The van der Waals surface area contributed by atoms with Gasteiger partial charge in [0.2, 0.25) is 0 Å². The average molecular weight is 215 g/mol. The summed E-state index contributed by atoms with van der Waals surface area (Å²) in [6.07, 6.45) is 1.77. The van der Waals surface area contributed by atoms with Crippen LogP contribution in [0.25, 0.3) is 0 Å². The molecule has 0 bridgehead atoms. The fourth-order valence-corrected chi connectivity index (χ4v) is 3.59. The SMILES string of the molecule is CC(C#N)C(=O)C1CCCCS1(=O)=O. The molecule has 78 valence electrons.